The van der Waals surface area contributed by atoms with E-state index in [1.165, 1.54) is 14.2 Å². The lowest BCUT2D eigenvalue weighted by molar-refractivity contribution is -0.121. The molecule has 2 aromatic rings. The van der Waals surface area contributed by atoms with Crippen LogP contribution < -0.4 is 0 Å². The van der Waals surface area contributed by atoms with E-state index in [9.17, 15) is 9.59 Å². The molecule has 4 heteroatoms. The van der Waals surface area contributed by atoms with E-state index in [1.54, 1.807) is 6.92 Å². The summed E-state index contributed by atoms with van der Waals surface area (Å²) in [6.45, 7) is 1.67. The molecule has 0 atom stereocenters. The fraction of sp³-hybridized carbons (Fsp3) is 0.182. The van der Waals surface area contributed by atoms with Crippen LogP contribution in [-0.4, -0.2) is 25.8 Å². The first-order valence-electron chi connectivity index (χ1n) is 8.32. The van der Waals surface area contributed by atoms with Crippen molar-refractivity contribution < 1.29 is 19.1 Å². The Morgan fingerprint density at radius 1 is 0.692 bits per heavy atom. The first-order chi connectivity index (χ1) is 12.6. The van der Waals surface area contributed by atoms with E-state index >= 15 is 0 Å². The predicted molar refractivity (Wildman–Crippen MR) is 98.5 cm³/mol. The molecule has 0 spiro atoms. The van der Waals surface area contributed by atoms with Crippen molar-refractivity contribution in [2.75, 3.05) is 14.2 Å². The quantitative estimate of drug-likeness (QED) is 0.772. The second-order valence-electron chi connectivity index (χ2n) is 6.02. The minimum atomic E-state index is -0.364. The van der Waals surface area contributed by atoms with Crippen LogP contribution in [0.5, 0.6) is 0 Å². The zero-order valence-corrected chi connectivity index (χ0v) is 15.0. The van der Waals surface area contributed by atoms with E-state index < -0.39 is 0 Å². The van der Waals surface area contributed by atoms with Gasteiger partial charge in [0.2, 0.25) is 23.1 Å². The number of ketones is 2. The summed E-state index contributed by atoms with van der Waals surface area (Å²) in [4.78, 5) is 26.0. The maximum Gasteiger partial charge on any atom is 0.228 e. The summed E-state index contributed by atoms with van der Waals surface area (Å²) in [5, 5.41) is 0. The van der Waals surface area contributed by atoms with Crippen molar-refractivity contribution in [3.8, 4) is 0 Å². The molecule has 2 aromatic carbocycles. The molecule has 0 N–H and O–H groups in total. The molecule has 0 fully saturated rings. The second kappa shape index (κ2) is 7.40. The molecule has 4 nitrogen and oxygen atoms in total. The van der Waals surface area contributed by atoms with Crippen LogP contribution in [0.15, 0.2) is 83.3 Å². The molecular weight excluding hydrogens is 328 g/mol. The number of rotatable bonds is 5. The van der Waals surface area contributed by atoms with Gasteiger partial charge in [0.25, 0.3) is 0 Å². The van der Waals surface area contributed by atoms with E-state index in [0.717, 1.165) is 11.1 Å². The third-order valence-corrected chi connectivity index (χ3v) is 4.57. The summed E-state index contributed by atoms with van der Waals surface area (Å²) in [6.07, 6.45) is 0. The highest BCUT2D eigenvalue weighted by molar-refractivity contribution is 6.24. The molecule has 132 valence electrons. The Hall–Kier alpha value is -3.14. The fourth-order valence-corrected chi connectivity index (χ4v) is 3.33. The van der Waals surface area contributed by atoms with Crippen molar-refractivity contribution in [3.63, 3.8) is 0 Å². The molecule has 1 aliphatic rings. The van der Waals surface area contributed by atoms with Crippen LogP contribution in [0.4, 0.5) is 0 Å². The van der Waals surface area contributed by atoms with Gasteiger partial charge in [0.05, 0.1) is 14.2 Å². The molecule has 0 saturated heterocycles. The molecule has 3 rings (SSSR count). The van der Waals surface area contributed by atoms with Crippen molar-refractivity contribution in [1.82, 2.24) is 0 Å². The number of carbonyl (C=O) groups excluding carboxylic acids is 2. The van der Waals surface area contributed by atoms with Crippen LogP contribution in [0.3, 0.4) is 0 Å². The summed E-state index contributed by atoms with van der Waals surface area (Å²) in [6, 6.07) is 19.3. The van der Waals surface area contributed by atoms with Crippen molar-refractivity contribution in [3.05, 3.63) is 94.5 Å². The van der Waals surface area contributed by atoms with E-state index in [2.05, 4.69) is 0 Å². The normalized spacial score (nSPS) is 14.9. The Balaban J connectivity index is 2.23. The maximum atomic E-state index is 13.2. The highest BCUT2D eigenvalue weighted by atomic mass is 16.5. The zero-order valence-electron chi connectivity index (χ0n) is 15.0. The lowest BCUT2D eigenvalue weighted by atomic mass is 9.77. The number of carbonyl (C=O) groups is 2. The van der Waals surface area contributed by atoms with Gasteiger partial charge < -0.3 is 9.47 Å². The zero-order chi connectivity index (χ0) is 18.7. The van der Waals surface area contributed by atoms with Crippen LogP contribution in [0.2, 0.25) is 0 Å². The van der Waals surface area contributed by atoms with Crippen LogP contribution in [0.1, 0.15) is 24.0 Å². The van der Waals surface area contributed by atoms with Crippen molar-refractivity contribution in [2.24, 2.45) is 0 Å². The molecular formula is C22H20O4. The van der Waals surface area contributed by atoms with Gasteiger partial charge >= 0.3 is 0 Å². The van der Waals surface area contributed by atoms with Gasteiger partial charge in [-0.2, -0.15) is 0 Å². The second-order valence-corrected chi connectivity index (χ2v) is 6.02. The summed E-state index contributed by atoms with van der Waals surface area (Å²) in [7, 11) is 2.74. The third kappa shape index (κ3) is 2.94. The van der Waals surface area contributed by atoms with Gasteiger partial charge in [-0.3, -0.25) is 9.59 Å². The van der Waals surface area contributed by atoms with Crippen LogP contribution in [0, 0.1) is 0 Å². The molecule has 0 aliphatic heterocycles. The fourth-order valence-electron chi connectivity index (χ4n) is 3.33. The lowest BCUT2D eigenvalue weighted by Gasteiger charge is -2.27. The van der Waals surface area contributed by atoms with E-state index in [4.69, 9.17) is 9.47 Å². The molecule has 0 unspecified atom stereocenters. The Bertz CT molecular complexity index is 853. The Kier molecular flexibility index (Phi) is 5.03. The van der Waals surface area contributed by atoms with Gasteiger partial charge in [-0.15, -0.1) is 0 Å². The van der Waals surface area contributed by atoms with Crippen molar-refractivity contribution in [2.45, 2.75) is 12.8 Å². The minimum Gasteiger partial charge on any atom is -0.489 e. The number of benzene rings is 2. The van der Waals surface area contributed by atoms with Gasteiger partial charge in [0.1, 0.15) is 0 Å². The van der Waals surface area contributed by atoms with E-state index in [0.29, 0.717) is 11.1 Å². The average Bonchev–Trinajstić information content (AvgIpc) is 2.69. The Morgan fingerprint density at radius 3 is 1.54 bits per heavy atom. The third-order valence-electron chi connectivity index (χ3n) is 4.57. The van der Waals surface area contributed by atoms with Crippen molar-refractivity contribution in [1.29, 1.82) is 0 Å². The van der Waals surface area contributed by atoms with E-state index in [1.807, 2.05) is 60.7 Å². The number of hydrogen-bond acceptors (Lipinski definition) is 4. The standard InChI is InChI=1S/C22H20O4/c1-14-17(20(24)22(26-3)21(25-2)19(14)23)18(15-10-6-4-7-11-15)16-12-8-5-9-13-16/h4-13,18H,1-3H3. The molecule has 0 bridgehead atoms. The summed E-state index contributed by atoms with van der Waals surface area (Å²) < 4.78 is 10.4. The molecule has 0 aromatic heterocycles. The summed E-state index contributed by atoms with van der Waals surface area (Å²) in [5.41, 5.74) is 2.67. The predicted octanol–water partition coefficient (Wildman–Crippen LogP) is 3.79. The summed E-state index contributed by atoms with van der Waals surface area (Å²) in [5.74, 6) is -1.10. The van der Waals surface area contributed by atoms with Gasteiger partial charge in [-0.25, -0.2) is 0 Å². The van der Waals surface area contributed by atoms with Crippen molar-refractivity contribution >= 4 is 11.6 Å². The summed E-state index contributed by atoms with van der Waals surface area (Å²) >= 11 is 0. The van der Waals surface area contributed by atoms with Crippen LogP contribution in [0.25, 0.3) is 0 Å². The highest BCUT2D eigenvalue weighted by Gasteiger charge is 2.39. The molecule has 26 heavy (non-hydrogen) atoms. The molecule has 1 aliphatic carbocycles. The number of ether oxygens (including phenoxy) is 2. The SMILES string of the molecule is COC1=C(OC)C(=O)C(C(c2ccccc2)c2ccccc2)=C(C)C1=O. The Morgan fingerprint density at radius 2 is 1.12 bits per heavy atom. The number of hydrogen-bond donors (Lipinski definition) is 0. The first-order valence-corrected chi connectivity index (χ1v) is 8.32. The maximum absolute atomic E-state index is 13.2. The van der Waals surface area contributed by atoms with Gasteiger partial charge in [0, 0.05) is 17.1 Å². The first kappa shape index (κ1) is 17.7. The number of Topliss-reactive ketones (excluding diaryl/α,β-unsaturated/α-hetero) is 2. The molecule has 0 radical (unpaired) electrons. The van der Waals surface area contributed by atoms with E-state index in [-0.39, 0.29) is 29.0 Å². The Labute approximate surface area is 152 Å². The largest absolute Gasteiger partial charge is 0.489 e. The number of allylic oxidation sites excluding steroid dienone is 2. The molecule has 0 heterocycles. The minimum absolute atomic E-state index is 0.0429. The molecule has 0 amide bonds. The van der Waals surface area contributed by atoms with Gasteiger partial charge in [0.15, 0.2) is 0 Å². The van der Waals surface area contributed by atoms with Gasteiger partial charge in [-0.05, 0) is 18.1 Å². The molecule has 0 saturated carbocycles. The highest BCUT2D eigenvalue weighted by Crippen LogP contribution is 2.39. The van der Waals surface area contributed by atoms with Crippen LogP contribution in [-0.2, 0) is 19.1 Å². The average molecular weight is 348 g/mol. The lowest BCUT2D eigenvalue weighted by Crippen LogP contribution is -2.28. The van der Waals surface area contributed by atoms with Crippen LogP contribution >= 0.6 is 0 Å². The monoisotopic (exact) mass is 348 g/mol. The van der Waals surface area contributed by atoms with Gasteiger partial charge in [-0.1, -0.05) is 60.7 Å². The topological polar surface area (TPSA) is 52.6 Å². The smallest absolute Gasteiger partial charge is 0.228 e. The number of methoxy groups -OCH3 is 2.